The molecule has 1 amide bonds. The lowest BCUT2D eigenvalue weighted by molar-refractivity contribution is -0.122. The molecule has 4 aromatic rings. The van der Waals surface area contributed by atoms with E-state index >= 15 is 0 Å². The van der Waals surface area contributed by atoms with E-state index in [4.69, 9.17) is 9.72 Å². The lowest BCUT2D eigenvalue weighted by Gasteiger charge is -2.34. The highest BCUT2D eigenvalue weighted by Gasteiger charge is 2.26. The summed E-state index contributed by atoms with van der Waals surface area (Å²) < 4.78 is 21.1. The molecule has 1 aromatic carbocycles. The van der Waals surface area contributed by atoms with E-state index in [1.54, 1.807) is 17.1 Å². The van der Waals surface area contributed by atoms with Crippen LogP contribution in [0.2, 0.25) is 0 Å². The van der Waals surface area contributed by atoms with Gasteiger partial charge in [0.15, 0.2) is 11.5 Å². The Kier molecular flexibility index (Phi) is 5.29. The lowest BCUT2D eigenvalue weighted by atomic mass is 9.91. The number of nitrogens with zero attached hydrogens (tertiary/aromatic N) is 5. The van der Waals surface area contributed by atoms with Gasteiger partial charge in [0.05, 0.1) is 31.4 Å². The molecule has 2 atom stereocenters. The maximum Gasteiger partial charge on any atom is 0.231 e. The Bertz CT molecular complexity index is 1410. The average molecular weight is 474 g/mol. The Morgan fingerprint density at radius 3 is 2.80 bits per heavy atom. The molecule has 0 saturated carbocycles. The highest BCUT2D eigenvalue weighted by Crippen LogP contribution is 2.35. The fourth-order valence-electron chi connectivity index (χ4n) is 4.74. The van der Waals surface area contributed by atoms with Crippen LogP contribution in [0.5, 0.6) is 0 Å². The SMILES string of the molecule is C[C@@H]1COCCN1c1cc(-c2ccc(C3CC(F)=CNC3=O)cc2)c2cnn(-c3cc[nH]n3)c2n1. The van der Waals surface area contributed by atoms with Crippen molar-refractivity contribution in [2.45, 2.75) is 25.3 Å². The van der Waals surface area contributed by atoms with E-state index in [9.17, 15) is 9.18 Å². The molecule has 9 nitrogen and oxygen atoms in total. The molecule has 0 spiro atoms. The molecule has 3 aromatic heterocycles. The van der Waals surface area contributed by atoms with Gasteiger partial charge in [0.25, 0.3) is 0 Å². The van der Waals surface area contributed by atoms with E-state index in [2.05, 4.69) is 38.5 Å². The Morgan fingerprint density at radius 1 is 1.17 bits per heavy atom. The molecule has 1 fully saturated rings. The van der Waals surface area contributed by atoms with Crippen molar-refractivity contribution in [3.8, 4) is 16.9 Å². The predicted molar refractivity (Wildman–Crippen MR) is 129 cm³/mol. The summed E-state index contributed by atoms with van der Waals surface area (Å²) in [7, 11) is 0. The summed E-state index contributed by atoms with van der Waals surface area (Å²) in [5.74, 6) is 0.417. The number of aromatic nitrogens is 5. The van der Waals surface area contributed by atoms with Gasteiger partial charge in [0.1, 0.15) is 11.6 Å². The Labute approximate surface area is 200 Å². The molecular weight excluding hydrogens is 449 g/mol. The van der Waals surface area contributed by atoms with Gasteiger partial charge < -0.3 is 15.0 Å². The van der Waals surface area contributed by atoms with Crippen LogP contribution < -0.4 is 10.2 Å². The van der Waals surface area contributed by atoms with Crippen molar-refractivity contribution in [1.29, 1.82) is 0 Å². The van der Waals surface area contributed by atoms with Crippen molar-refractivity contribution >= 4 is 22.8 Å². The minimum absolute atomic E-state index is 0.0696. The number of carbonyl (C=O) groups is 1. The smallest absolute Gasteiger partial charge is 0.231 e. The zero-order valence-corrected chi connectivity index (χ0v) is 19.1. The number of nitrogens with one attached hydrogen (secondary N) is 2. The average Bonchev–Trinajstić information content (AvgIpc) is 3.55. The van der Waals surface area contributed by atoms with Gasteiger partial charge in [-0.05, 0) is 29.7 Å². The third kappa shape index (κ3) is 3.85. The summed E-state index contributed by atoms with van der Waals surface area (Å²) in [6.45, 7) is 4.13. The number of morpholine rings is 1. The largest absolute Gasteiger partial charge is 0.377 e. The van der Waals surface area contributed by atoms with Crippen LogP contribution in [0.1, 0.15) is 24.8 Å². The zero-order chi connectivity index (χ0) is 23.9. The summed E-state index contributed by atoms with van der Waals surface area (Å²) in [6, 6.07) is 11.8. The second kappa shape index (κ2) is 8.62. The van der Waals surface area contributed by atoms with E-state index in [0.29, 0.717) is 24.7 Å². The first-order valence-electron chi connectivity index (χ1n) is 11.6. The maximum absolute atomic E-state index is 13.8. The number of halogens is 1. The number of hydrogen-bond donors (Lipinski definition) is 2. The van der Waals surface area contributed by atoms with Crippen molar-refractivity contribution in [3.05, 3.63) is 66.4 Å². The fourth-order valence-corrected chi connectivity index (χ4v) is 4.74. The standard InChI is InChI=1S/C25H24FN7O2/c1-15-14-35-9-8-32(15)23-11-19(21-13-29-33(24(21)30-23)22-6-7-28-31-22)16-2-4-17(5-3-16)20-10-18(26)12-27-25(20)34/h2-7,11-13,15,20H,8-10,14H2,1H3,(H,27,34)(H,28,31)/t15-,20?/m1/s1. The summed E-state index contributed by atoms with van der Waals surface area (Å²) in [6.07, 6.45) is 4.74. The molecule has 1 saturated heterocycles. The van der Waals surface area contributed by atoms with E-state index in [1.165, 1.54) is 0 Å². The number of allylic oxidation sites excluding steroid dienone is 1. The van der Waals surface area contributed by atoms with Crippen LogP contribution in [-0.4, -0.2) is 56.7 Å². The normalized spacial score (nSPS) is 20.7. The fraction of sp³-hybridized carbons (Fsp3) is 0.280. The number of carbonyl (C=O) groups excluding carboxylic acids is 1. The van der Waals surface area contributed by atoms with Crippen molar-refractivity contribution in [1.82, 2.24) is 30.3 Å². The van der Waals surface area contributed by atoms with E-state index in [1.807, 2.05) is 30.3 Å². The molecular formula is C25H24FN7O2. The molecule has 0 radical (unpaired) electrons. The highest BCUT2D eigenvalue weighted by molar-refractivity contribution is 5.95. The Balaban J connectivity index is 1.45. The number of benzene rings is 1. The topological polar surface area (TPSA) is 101 Å². The number of amides is 1. The van der Waals surface area contributed by atoms with E-state index < -0.39 is 5.92 Å². The third-order valence-corrected chi connectivity index (χ3v) is 6.60. The molecule has 0 aliphatic carbocycles. The molecule has 2 aliphatic heterocycles. The number of fused-ring (bicyclic) bond motifs is 1. The van der Waals surface area contributed by atoms with Crippen LogP contribution in [0.15, 0.2) is 60.8 Å². The summed E-state index contributed by atoms with van der Waals surface area (Å²) in [5, 5.41) is 15.0. The minimum atomic E-state index is -0.543. The Hall–Kier alpha value is -4.05. The van der Waals surface area contributed by atoms with Gasteiger partial charge in [0, 0.05) is 36.8 Å². The minimum Gasteiger partial charge on any atom is -0.377 e. The summed E-state index contributed by atoms with van der Waals surface area (Å²) >= 11 is 0. The quantitative estimate of drug-likeness (QED) is 0.471. The zero-order valence-electron chi connectivity index (χ0n) is 19.1. The monoisotopic (exact) mass is 473 g/mol. The molecule has 1 unspecified atom stereocenters. The van der Waals surface area contributed by atoms with Crippen LogP contribution in [-0.2, 0) is 9.53 Å². The number of pyridine rings is 1. The van der Waals surface area contributed by atoms with Gasteiger partial charge >= 0.3 is 0 Å². The van der Waals surface area contributed by atoms with Crippen LogP contribution in [0.4, 0.5) is 10.2 Å². The van der Waals surface area contributed by atoms with Gasteiger partial charge in [-0.25, -0.2) is 9.37 Å². The summed E-state index contributed by atoms with van der Waals surface area (Å²) in [5.41, 5.74) is 3.40. The number of H-pyrrole nitrogens is 1. The first-order valence-corrected chi connectivity index (χ1v) is 11.6. The first kappa shape index (κ1) is 21.5. The Morgan fingerprint density at radius 2 is 2.03 bits per heavy atom. The molecule has 6 rings (SSSR count). The van der Waals surface area contributed by atoms with Crippen LogP contribution in [0.3, 0.4) is 0 Å². The van der Waals surface area contributed by atoms with Gasteiger partial charge in [0.2, 0.25) is 5.91 Å². The van der Waals surface area contributed by atoms with Crippen LogP contribution in [0, 0.1) is 0 Å². The van der Waals surface area contributed by atoms with Gasteiger partial charge in [-0.3, -0.25) is 9.89 Å². The van der Waals surface area contributed by atoms with Crippen molar-refractivity contribution in [3.63, 3.8) is 0 Å². The van der Waals surface area contributed by atoms with Crippen molar-refractivity contribution < 1.29 is 13.9 Å². The summed E-state index contributed by atoms with van der Waals surface area (Å²) in [4.78, 5) is 19.5. The van der Waals surface area contributed by atoms with E-state index in [0.717, 1.165) is 40.6 Å². The number of rotatable bonds is 4. The second-order valence-electron chi connectivity index (χ2n) is 8.85. The molecule has 5 heterocycles. The number of hydrogen-bond acceptors (Lipinski definition) is 6. The number of aromatic amines is 1. The van der Waals surface area contributed by atoms with Crippen LogP contribution >= 0.6 is 0 Å². The molecule has 0 bridgehead atoms. The van der Waals surface area contributed by atoms with Gasteiger partial charge in [-0.2, -0.15) is 14.9 Å². The van der Waals surface area contributed by atoms with Gasteiger partial charge in [-0.15, -0.1) is 0 Å². The first-order chi connectivity index (χ1) is 17.1. The highest BCUT2D eigenvalue weighted by atomic mass is 19.1. The number of ether oxygens (including phenoxy) is 1. The van der Waals surface area contributed by atoms with Crippen molar-refractivity contribution in [2.75, 3.05) is 24.7 Å². The maximum atomic E-state index is 13.8. The second-order valence-corrected chi connectivity index (χ2v) is 8.85. The third-order valence-electron chi connectivity index (χ3n) is 6.60. The number of anilines is 1. The predicted octanol–water partition coefficient (Wildman–Crippen LogP) is 3.45. The molecule has 2 aliphatic rings. The molecule has 178 valence electrons. The molecule has 35 heavy (non-hydrogen) atoms. The van der Waals surface area contributed by atoms with E-state index in [-0.39, 0.29) is 24.2 Å². The van der Waals surface area contributed by atoms with Crippen LogP contribution in [0.25, 0.3) is 28.0 Å². The molecule has 2 N–H and O–H groups in total. The molecule has 10 heteroatoms. The van der Waals surface area contributed by atoms with Gasteiger partial charge in [-0.1, -0.05) is 24.3 Å². The van der Waals surface area contributed by atoms with Crippen molar-refractivity contribution in [2.24, 2.45) is 0 Å². The lowest BCUT2D eigenvalue weighted by Crippen LogP contribution is -2.44.